The molecule has 0 rings (SSSR count). The standard InChI is InChI=1S/C8H17NO2/c1-8(2,7-11)9(3)5-4-6-10/h6,11H,4-5,7H2,1-3H3. The molecule has 11 heavy (non-hydrogen) atoms. The number of hydrogen-bond acceptors (Lipinski definition) is 3. The van der Waals surface area contributed by atoms with Gasteiger partial charge in [-0.3, -0.25) is 4.90 Å². The highest BCUT2D eigenvalue weighted by Gasteiger charge is 2.21. The van der Waals surface area contributed by atoms with Gasteiger partial charge in [-0.2, -0.15) is 0 Å². The number of aliphatic hydroxyl groups is 1. The summed E-state index contributed by atoms with van der Waals surface area (Å²) >= 11 is 0. The Morgan fingerprint density at radius 2 is 2.09 bits per heavy atom. The Bertz CT molecular complexity index is 123. The van der Waals surface area contributed by atoms with Gasteiger partial charge in [0.2, 0.25) is 0 Å². The molecule has 0 aromatic heterocycles. The van der Waals surface area contributed by atoms with Gasteiger partial charge in [0.25, 0.3) is 0 Å². The van der Waals surface area contributed by atoms with Crippen LogP contribution in [0.4, 0.5) is 0 Å². The molecule has 0 saturated heterocycles. The van der Waals surface area contributed by atoms with Gasteiger partial charge < -0.3 is 9.90 Å². The van der Waals surface area contributed by atoms with E-state index in [1.807, 2.05) is 25.8 Å². The van der Waals surface area contributed by atoms with Crippen LogP contribution >= 0.6 is 0 Å². The molecule has 0 bridgehead atoms. The van der Waals surface area contributed by atoms with Crippen molar-refractivity contribution >= 4 is 6.29 Å². The summed E-state index contributed by atoms with van der Waals surface area (Å²) in [5.74, 6) is 0. The van der Waals surface area contributed by atoms with Crippen LogP contribution in [0.3, 0.4) is 0 Å². The lowest BCUT2D eigenvalue weighted by molar-refractivity contribution is -0.108. The highest BCUT2D eigenvalue weighted by atomic mass is 16.3. The lowest BCUT2D eigenvalue weighted by Gasteiger charge is -2.33. The molecule has 1 N–H and O–H groups in total. The Labute approximate surface area is 68.0 Å². The van der Waals surface area contributed by atoms with Crippen LogP contribution in [0.2, 0.25) is 0 Å². The number of rotatable bonds is 5. The van der Waals surface area contributed by atoms with Crippen LogP contribution in [0.1, 0.15) is 20.3 Å². The Balaban J connectivity index is 3.80. The molecular weight excluding hydrogens is 142 g/mol. The van der Waals surface area contributed by atoms with Gasteiger partial charge in [-0.25, -0.2) is 0 Å². The molecule has 0 spiro atoms. The highest BCUT2D eigenvalue weighted by molar-refractivity contribution is 5.49. The van der Waals surface area contributed by atoms with Crippen LogP contribution in [-0.2, 0) is 4.79 Å². The van der Waals surface area contributed by atoms with E-state index in [9.17, 15) is 4.79 Å². The maximum Gasteiger partial charge on any atom is 0.121 e. The van der Waals surface area contributed by atoms with Crippen molar-refractivity contribution in [3.63, 3.8) is 0 Å². The first-order valence-corrected chi connectivity index (χ1v) is 3.80. The number of carbonyl (C=O) groups excluding carboxylic acids is 1. The summed E-state index contributed by atoms with van der Waals surface area (Å²) in [4.78, 5) is 12.0. The van der Waals surface area contributed by atoms with E-state index in [4.69, 9.17) is 5.11 Å². The predicted molar refractivity (Wildman–Crippen MR) is 44.5 cm³/mol. The van der Waals surface area contributed by atoms with Crippen molar-refractivity contribution in [3.05, 3.63) is 0 Å². The van der Waals surface area contributed by atoms with Crippen molar-refractivity contribution in [3.8, 4) is 0 Å². The number of carbonyl (C=O) groups is 1. The Morgan fingerprint density at radius 3 is 2.45 bits per heavy atom. The second-order valence-corrected chi connectivity index (χ2v) is 3.35. The lowest BCUT2D eigenvalue weighted by Crippen LogP contribution is -2.44. The summed E-state index contributed by atoms with van der Waals surface area (Å²) in [6.45, 7) is 4.70. The summed E-state index contributed by atoms with van der Waals surface area (Å²) in [6, 6.07) is 0. The minimum Gasteiger partial charge on any atom is -0.394 e. The third-order valence-electron chi connectivity index (χ3n) is 2.00. The van der Waals surface area contributed by atoms with E-state index in [0.717, 1.165) is 6.29 Å². The zero-order valence-electron chi connectivity index (χ0n) is 7.50. The van der Waals surface area contributed by atoms with Crippen LogP contribution in [0.15, 0.2) is 0 Å². The highest BCUT2D eigenvalue weighted by Crippen LogP contribution is 2.10. The van der Waals surface area contributed by atoms with Gasteiger partial charge in [-0.15, -0.1) is 0 Å². The molecule has 0 heterocycles. The molecule has 0 aromatic carbocycles. The predicted octanol–water partition coefficient (Wildman–Crippen LogP) is 0.278. The Kier molecular flexibility index (Phi) is 4.30. The van der Waals surface area contributed by atoms with Crippen LogP contribution in [0.25, 0.3) is 0 Å². The molecule has 0 aliphatic rings. The van der Waals surface area contributed by atoms with Gasteiger partial charge in [0, 0.05) is 18.5 Å². The third-order valence-corrected chi connectivity index (χ3v) is 2.00. The summed E-state index contributed by atoms with van der Waals surface area (Å²) in [5.41, 5.74) is -0.219. The summed E-state index contributed by atoms with van der Waals surface area (Å²) < 4.78 is 0. The van der Waals surface area contributed by atoms with Crippen molar-refractivity contribution in [2.75, 3.05) is 20.2 Å². The molecule has 0 amide bonds. The Morgan fingerprint density at radius 1 is 1.55 bits per heavy atom. The summed E-state index contributed by atoms with van der Waals surface area (Å²) in [7, 11) is 1.90. The minimum atomic E-state index is -0.219. The fourth-order valence-electron chi connectivity index (χ4n) is 0.670. The largest absolute Gasteiger partial charge is 0.394 e. The number of aliphatic hydroxyl groups excluding tert-OH is 1. The van der Waals surface area contributed by atoms with Crippen molar-refractivity contribution in [1.82, 2.24) is 4.90 Å². The second kappa shape index (κ2) is 4.46. The van der Waals surface area contributed by atoms with Crippen molar-refractivity contribution in [2.45, 2.75) is 25.8 Å². The molecule has 0 aliphatic heterocycles. The van der Waals surface area contributed by atoms with E-state index in [2.05, 4.69) is 0 Å². The van der Waals surface area contributed by atoms with E-state index < -0.39 is 0 Å². The van der Waals surface area contributed by atoms with Gasteiger partial charge >= 0.3 is 0 Å². The first kappa shape index (κ1) is 10.6. The van der Waals surface area contributed by atoms with Crippen LogP contribution in [0, 0.1) is 0 Å². The van der Waals surface area contributed by atoms with Crippen molar-refractivity contribution in [1.29, 1.82) is 0 Å². The van der Waals surface area contributed by atoms with E-state index in [0.29, 0.717) is 13.0 Å². The van der Waals surface area contributed by atoms with Gasteiger partial charge in [-0.05, 0) is 20.9 Å². The zero-order chi connectivity index (χ0) is 8.91. The maximum atomic E-state index is 10.0. The number of aldehydes is 1. The molecule has 66 valence electrons. The van der Waals surface area contributed by atoms with Gasteiger partial charge in [0.15, 0.2) is 0 Å². The first-order chi connectivity index (χ1) is 5.04. The monoisotopic (exact) mass is 159 g/mol. The normalized spacial score (nSPS) is 12.1. The zero-order valence-corrected chi connectivity index (χ0v) is 7.50. The lowest BCUT2D eigenvalue weighted by atomic mass is 10.1. The van der Waals surface area contributed by atoms with Crippen LogP contribution in [0.5, 0.6) is 0 Å². The third kappa shape index (κ3) is 3.49. The molecule has 0 saturated carbocycles. The van der Waals surface area contributed by atoms with E-state index in [1.165, 1.54) is 0 Å². The van der Waals surface area contributed by atoms with Gasteiger partial charge in [-0.1, -0.05) is 0 Å². The van der Waals surface area contributed by atoms with Crippen LogP contribution < -0.4 is 0 Å². The van der Waals surface area contributed by atoms with E-state index in [-0.39, 0.29) is 12.1 Å². The molecule has 0 aliphatic carbocycles. The molecule has 0 fully saturated rings. The summed E-state index contributed by atoms with van der Waals surface area (Å²) in [6.07, 6.45) is 1.42. The quantitative estimate of drug-likeness (QED) is 0.586. The van der Waals surface area contributed by atoms with Crippen molar-refractivity contribution in [2.24, 2.45) is 0 Å². The fourth-order valence-corrected chi connectivity index (χ4v) is 0.670. The number of likely N-dealkylation sites (N-methyl/N-ethyl adjacent to an activating group) is 1. The first-order valence-electron chi connectivity index (χ1n) is 3.80. The van der Waals surface area contributed by atoms with Crippen LogP contribution in [-0.4, -0.2) is 42.0 Å². The molecule has 0 radical (unpaired) electrons. The molecule has 0 atom stereocenters. The smallest absolute Gasteiger partial charge is 0.121 e. The molecule has 3 heteroatoms. The topological polar surface area (TPSA) is 40.5 Å². The van der Waals surface area contributed by atoms with Gasteiger partial charge in [0.05, 0.1) is 6.61 Å². The van der Waals surface area contributed by atoms with Crippen molar-refractivity contribution < 1.29 is 9.90 Å². The molecule has 3 nitrogen and oxygen atoms in total. The Hall–Kier alpha value is -0.410. The van der Waals surface area contributed by atoms with Gasteiger partial charge in [0.1, 0.15) is 6.29 Å². The SMILES string of the molecule is CN(CCC=O)C(C)(C)CO. The van der Waals surface area contributed by atoms with E-state index in [1.54, 1.807) is 0 Å². The average molecular weight is 159 g/mol. The molecule has 0 aromatic rings. The second-order valence-electron chi connectivity index (χ2n) is 3.35. The summed E-state index contributed by atoms with van der Waals surface area (Å²) in [5, 5.41) is 8.93. The fraction of sp³-hybridized carbons (Fsp3) is 0.875. The maximum absolute atomic E-state index is 10.0. The number of nitrogens with zero attached hydrogens (tertiary/aromatic N) is 1. The molecule has 0 unspecified atom stereocenters. The molecular formula is C8H17NO2. The average Bonchev–Trinajstić information content (AvgIpc) is 2.00. The minimum absolute atomic E-state index is 0.113. The number of hydrogen-bond donors (Lipinski definition) is 1. The van der Waals surface area contributed by atoms with E-state index >= 15 is 0 Å².